The lowest BCUT2D eigenvalue weighted by molar-refractivity contribution is -0.116. The highest BCUT2D eigenvalue weighted by Gasteiger charge is 1.97. The van der Waals surface area contributed by atoms with Crippen molar-refractivity contribution in [1.29, 1.82) is 0 Å². The third-order valence-electron chi connectivity index (χ3n) is 1.69. The van der Waals surface area contributed by atoms with Crippen molar-refractivity contribution in [2.45, 2.75) is 39.0 Å². The summed E-state index contributed by atoms with van der Waals surface area (Å²) < 4.78 is 0. The molecule has 0 radical (unpaired) electrons. The fourth-order valence-electron chi connectivity index (χ4n) is 1.16. The molecule has 1 rings (SSSR count). The van der Waals surface area contributed by atoms with Crippen LogP contribution in [0.5, 0.6) is 0 Å². The average Bonchev–Trinajstić information content (AvgIpc) is 2.24. The maximum absolute atomic E-state index is 10.8. The van der Waals surface area contributed by atoms with Gasteiger partial charge >= 0.3 is 0 Å². The van der Waals surface area contributed by atoms with Crippen LogP contribution < -0.4 is 0 Å². The van der Waals surface area contributed by atoms with Gasteiger partial charge in [-0.3, -0.25) is 4.79 Å². The van der Waals surface area contributed by atoms with E-state index in [1.54, 1.807) is 6.92 Å². The Morgan fingerprint density at radius 1 is 1.20 bits per heavy atom. The highest BCUT2D eigenvalue weighted by atomic mass is 32.2. The third-order valence-corrected chi connectivity index (χ3v) is 2.58. The zero-order valence-corrected chi connectivity index (χ0v) is 10.9. The van der Waals surface area contributed by atoms with Crippen LogP contribution in [0.25, 0.3) is 0 Å². The molecule has 84 valence electrons. The summed E-state index contributed by atoms with van der Waals surface area (Å²) in [7, 11) is 0. The lowest BCUT2D eigenvalue weighted by Crippen LogP contribution is -1.95. The number of thioether (sulfide) groups is 1. The van der Waals surface area contributed by atoms with Gasteiger partial charge in [0.2, 0.25) is 0 Å². The largest absolute Gasteiger partial charge is 0.300 e. The first kappa shape index (κ1) is 14.2. The Kier molecular flexibility index (Phi) is 8.11. The second-order valence-electron chi connectivity index (χ2n) is 2.96. The zero-order valence-electron chi connectivity index (χ0n) is 10.0. The smallest absolute Gasteiger partial charge is 0.134 e. The molecule has 0 aliphatic heterocycles. The summed E-state index contributed by atoms with van der Waals surface area (Å²) >= 11 is 1.82. The number of carbonyl (C=O) groups is 1. The molecule has 0 aliphatic carbocycles. The van der Waals surface area contributed by atoms with E-state index >= 15 is 0 Å². The van der Waals surface area contributed by atoms with Gasteiger partial charge in [-0.2, -0.15) is 0 Å². The number of Topliss-reactive ketones (excluding diaryl/α,β-unsaturated/α-hetero) is 1. The van der Waals surface area contributed by atoms with Gasteiger partial charge < -0.3 is 0 Å². The first-order chi connectivity index (χ1) is 7.22. The van der Waals surface area contributed by atoms with Crippen LogP contribution in [0, 0.1) is 0 Å². The van der Waals surface area contributed by atoms with Crippen LogP contribution in [0.1, 0.15) is 33.3 Å². The van der Waals surface area contributed by atoms with E-state index in [4.69, 9.17) is 0 Å². The van der Waals surface area contributed by atoms with Crippen LogP contribution in [0.2, 0.25) is 0 Å². The van der Waals surface area contributed by atoms with E-state index in [1.807, 2.05) is 37.7 Å². The molecule has 0 fully saturated rings. The molecule has 0 aromatic heterocycles. The minimum absolute atomic E-state index is 0.218. The Balaban J connectivity index is 0.000000921. The van der Waals surface area contributed by atoms with Gasteiger partial charge in [-0.05, 0) is 30.4 Å². The summed E-state index contributed by atoms with van der Waals surface area (Å²) in [5.41, 5.74) is 1.10. The Morgan fingerprint density at radius 3 is 2.13 bits per heavy atom. The van der Waals surface area contributed by atoms with Crippen LogP contribution in [0.3, 0.4) is 0 Å². The number of hydrogen-bond acceptors (Lipinski definition) is 2. The van der Waals surface area contributed by atoms with Crippen LogP contribution in [0.15, 0.2) is 29.2 Å². The van der Waals surface area contributed by atoms with Crippen LogP contribution in [-0.4, -0.2) is 11.5 Å². The second kappa shape index (κ2) is 8.54. The molecule has 0 saturated heterocycles. The maximum atomic E-state index is 10.8. The Bertz CT molecular complexity index is 277. The molecular formula is C13H20OS. The lowest BCUT2D eigenvalue weighted by atomic mass is 10.1. The molecule has 1 aromatic carbocycles. The number of hydrogen-bond donors (Lipinski definition) is 0. The normalized spacial score (nSPS) is 9.07. The first-order valence-corrected chi connectivity index (χ1v) is 6.42. The van der Waals surface area contributed by atoms with Gasteiger partial charge in [-0.1, -0.05) is 32.9 Å². The Morgan fingerprint density at radius 2 is 1.73 bits per heavy atom. The molecule has 0 atom stereocenters. The summed E-state index contributed by atoms with van der Waals surface area (Å²) in [6.07, 6.45) is 0.553. The minimum atomic E-state index is 0.218. The molecule has 1 aromatic rings. The van der Waals surface area contributed by atoms with Gasteiger partial charge in [0.05, 0.1) is 0 Å². The van der Waals surface area contributed by atoms with Gasteiger partial charge in [0.25, 0.3) is 0 Å². The van der Waals surface area contributed by atoms with Gasteiger partial charge in [-0.15, -0.1) is 11.8 Å². The van der Waals surface area contributed by atoms with Crippen molar-refractivity contribution in [1.82, 2.24) is 0 Å². The highest BCUT2D eigenvalue weighted by molar-refractivity contribution is 7.99. The summed E-state index contributed by atoms with van der Waals surface area (Å²) in [6, 6.07) is 8.21. The molecule has 0 saturated carbocycles. The predicted molar refractivity (Wildman–Crippen MR) is 68.6 cm³/mol. The summed E-state index contributed by atoms with van der Waals surface area (Å²) in [6.45, 7) is 7.75. The van der Waals surface area contributed by atoms with Gasteiger partial charge in [-0.25, -0.2) is 0 Å². The van der Waals surface area contributed by atoms with E-state index in [2.05, 4.69) is 19.1 Å². The quantitative estimate of drug-likeness (QED) is 0.720. The van der Waals surface area contributed by atoms with Gasteiger partial charge in [0.1, 0.15) is 5.78 Å². The molecule has 0 spiro atoms. The van der Waals surface area contributed by atoms with Crippen molar-refractivity contribution < 1.29 is 4.79 Å². The predicted octanol–water partition coefficient (Wildman–Crippen LogP) is 3.96. The summed E-state index contributed by atoms with van der Waals surface area (Å²) in [5, 5.41) is 0. The first-order valence-electron chi connectivity index (χ1n) is 5.43. The molecule has 0 bridgehead atoms. The highest BCUT2D eigenvalue weighted by Crippen LogP contribution is 2.17. The monoisotopic (exact) mass is 224 g/mol. The van der Waals surface area contributed by atoms with Crippen molar-refractivity contribution in [3.05, 3.63) is 29.8 Å². The number of rotatable bonds is 4. The van der Waals surface area contributed by atoms with Crippen LogP contribution >= 0.6 is 11.8 Å². The number of benzene rings is 1. The van der Waals surface area contributed by atoms with Crippen molar-refractivity contribution in [3.63, 3.8) is 0 Å². The molecule has 0 unspecified atom stereocenters. The molecule has 2 heteroatoms. The summed E-state index contributed by atoms with van der Waals surface area (Å²) in [4.78, 5) is 12.1. The fraction of sp³-hybridized carbons (Fsp3) is 0.462. The fourth-order valence-corrected chi connectivity index (χ4v) is 1.82. The Hall–Kier alpha value is -0.760. The van der Waals surface area contributed by atoms with Gasteiger partial charge in [0, 0.05) is 11.3 Å². The van der Waals surface area contributed by atoms with E-state index in [0.717, 1.165) is 11.3 Å². The maximum Gasteiger partial charge on any atom is 0.134 e. The SMILES string of the molecule is CC.CCSc1ccc(CC(C)=O)cc1. The van der Waals surface area contributed by atoms with Crippen LogP contribution in [0.4, 0.5) is 0 Å². The molecule has 0 N–H and O–H groups in total. The average molecular weight is 224 g/mol. The molecule has 15 heavy (non-hydrogen) atoms. The lowest BCUT2D eigenvalue weighted by Gasteiger charge is -2.00. The molecule has 0 amide bonds. The molecule has 1 nitrogen and oxygen atoms in total. The van der Waals surface area contributed by atoms with E-state index in [0.29, 0.717) is 6.42 Å². The molecular weight excluding hydrogens is 204 g/mol. The standard InChI is InChI=1S/C11H14OS.C2H6/c1-3-13-11-6-4-10(5-7-11)8-9(2)12;1-2/h4-7H,3,8H2,1-2H3;1-2H3. The van der Waals surface area contributed by atoms with Crippen LogP contribution in [-0.2, 0) is 11.2 Å². The molecule has 0 aliphatic rings. The van der Waals surface area contributed by atoms with Crippen molar-refractivity contribution in [2.75, 3.05) is 5.75 Å². The number of carbonyl (C=O) groups excluding carboxylic acids is 1. The van der Waals surface area contributed by atoms with Crippen molar-refractivity contribution in [3.8, 4) is 0 Å². The van der Waals surface area contributed by atoms with E-state index in [-0.39, 0.29) is 5.78 Å². The second-order valence-corrected chi connectivity index (χ2v) is 4.29. The van der Waals surface area contributed by atoms with Crippen molar-refractivity contribution in [2.24, 2.45) is 0 Å². The Labute approximate surface area is 97.3 Å². The topological polar surface area (TPSA) is 17.1 Å². The zero-order chi connectivity index (χ0) is 11.7. The third kappa shape index (κ3) is 6.34. The molecule has 0 heterocycles. The van der Waals surface area contributed by atoms with E-state index in [1.165, 1.54) is 4.90 Å². The number of ketones is 1. The van der Waals surface area contributed by atoms with Crippen molar-refractivity contribution >= 4 is 17.5 Å². The van der Waals surface area contributed by atoms with Gasteiger partial charge in [0.15, 0.2) is 0 Å². The van der Waals surface area contributed by atoms with E-state index < -0.39 is 0 Å². The van der Waals surface area contributed by atoms with E-state index in [9.17, 15) is 4.79 Å². The summed E-state index contributed by atoms with van der Waals surface area (Å²) in [5.74, 6) is 1.31. The minimum Gasteiger partial charge on any atom is -0.300 e.